The standard InChI is InChI=1S/C21H42N2O3S.HI/c1-2-3-4-5-6-7-8-9-10-11-12-13-14-15-16-18-21(24)23-27(25,26)20-17-19-22;/h9-10H,2-8,11-20,22H2,1H3,(H,23,24);1H/b10-9-;. The molecule has 0 aliphatic heterocycles. The number of carbonyl (C=O) groups is 1. The van der Waals surface area contributed by atoms with E-state index in [1.54, 1.807) is 0 Å². The fraction of sp³-hybridized carbons (Fsp3) is 0.857. The number of halogens is 1. The van der Waals surface area contributed by atoms with Crippen molar-refractivity contribution in [1.82, 2.24) is 4.72 Å². The van der Waals surface area contributed by atoms with Crippen LogP contribution in [0, 0.1) is 0 Å². The molecule has 0 saturated heterocycles. The summed E-state index contributed by atoms with van der Waals surface area (Å²) in [5.41, 5.74) is 5.28. The van der Waals surface area contributed by atoms with E-state index in [1.165, 1.54) is 51.4 Å². The number of nitrogens with one attached hydrogen (secondary N) is 1. The first kappa shape index (κ1) is 30.0. The van der Waals surface area contributed by atoms with E-state index in [2.05, 4.69) is 23.8 Å². The minimum absolute atomic E-state index is 0. The van der Waals surface area contributed by atoms with Gasteiger partial charge in [-0.2, -0.15) is 0 Å². The van der Waals surface area contributed by atoms with Crippen LogP contribution < -0.4 is 10.5 Å². The number of hydrogen-bond donors (Lipinski definition) is 2. The zero-order chi connectivity index (χ0) is 20.2. The van der Waals surface area contributed by atoms with Gasteiger partial charge in [-0.1, -0.05) is 70.4 Å². The van der Waals surface area contributed by atoms with Gasteiger partial charge in [-0.3, -0.25) is 9.52 Å². The van der Waals surface area contributed by atoms with Gasteiger partial charge in [0.1, 0.15) is 0 Å². The van der Waals surface area contributed by atoms with Crippen molar-refractivity contribution >= 4 is 39.9 Å². The van der Waals surface area contributed by atoms with E-state index in [4.69, 9.17) is 5.73 Å². The lowest BCUT2D eigenvalue weighted by Crippen LogP contribution is -2.32. The Morgan fingerprint density at radius 1 is 0.821 bits per heavy atom. The molecule has 0 spiro atoms. The molecule has 7 heteroatoms. The highest BCUT2D eigenvalue weighted by molar-refractivity contribution is 14.0. The summed E-state index contributed by atoms with van der Waals surface area (Å²) in [6.07, 6.45) is 20.9. The molecule has 0 aliphatic carbocycles. The SMILES string of the molecule is CCCCCCCC/C=C\CCCCCCCC(=O)NS(=O)(=O)CCCN.I. The number of hydrogen-bond acceptors (Lipinski definition) is 4. The molecule has 0 fully saturated rings. The van der Waals surface area contributed by atoms with Crippen LogP contribution in [-0.2, 0) is 14.8 Å². The van der Waals surface area contributed by atoms with Crippen molar-refractivity contribution in [2.75, 3.05) is 12.3 Å². The van der Waals surface area contributed by atoms with E-state index >= 15 is 0 Å². The van der Waals surface area contributed by atoms with Crippen LogP contribution in [0.5, 0.6) is 0 Å². The van der Waals surface area contributed by atoms with Crippen LogP contribution in [-0.4, -0.2) is 26.6 Å². The van der Waals surface area contributed by atoms with Crippen LogP contribution in [0.1, 0.15) is 103 Å². The van der Waals surface area contributed by atoms with Gasteiger partial charge in [-0.05, 0) is 45.1 Å². The highest BCUT2D eigenvalue weighted by atomic mass is 127. The average Bonchev–Trinajstić information content (AvgIpc) is 2.63. The summed E-state index contributed by atoms with van der Waals surface area (Å²) in [5.74, 6) is -0.480. The van der Waals surface area contributed by atoms with Gasteiger partial charge in [-0.15, -0.1) is 24.0 Å². The summed E-state index contributed by atoms with van der Waals surface area (Å²) in [6.45, 7) is 2.56. The van der Waals surface area contributed by atoms with Crippen molar-refractivity contribution in [3.8, 4) is 0 Å². The first-order valence-electron chi connectivity index (χ1n) is 10.9. The van der Waals surface area contributed by atoms with Crippen molar-refractivity contribution in [2.45, 2.75) is 103 Å². The molecular formula is C21H43IN2O3S. The second-order valence-corrected chi connectivity index (χ2v) is 9.16. The van der Waals surface area contributed by atoms with Crippen molar-refractivity contribution in [2.24, 2.45) is 5.73 Å². The molecule has 5 nitrogen and oxygen atoms in total. The summed E-state index contributed by atoms with van der Waals surface area (Å²) in [7, 11) is -3.50. The molecule has 1 amide bonds. The normalized spacial score (nSPS) is 11.5. The predicted octanol–water partition coefficient (Wildman–Crippen LogP) is 5.44. The molecule has 168 valence electrons. The van der Waals surface area contributed by atoms with Crippen molar-refractivity contribution < 1.29 is 13.2 Å². The Bertz CT molecular complexity index is 482. The third kappa shape index (κ3) is 22.1. The van der Waals surface area contributed by atoms with Gasteiger partial charge in [0, 0.05) is 6.42 Å². The van der Waals surface area contributed by atoms with Crippen molar-refractivity contribution in [3.05, 3.63) is 12.2 Å². The fourth-order valence-corrected chi connectivity index (χ4v) is 4.00. The van der Waals surface area contributed by atoms with Gasteiger partial charge >= 0.3 is 0 Å². The van der Waals surface area contributed by atoms with Gasteiger partial charge in [0.05, 0.1) is 5.75 Å². The van der Waals surface area contributed by atoms with Gasteiger partial charge in [0.25, 0.3) is 0 Å². The Labute approximate surface area is 190 Å². The molecule has 0 aliphatic rings. The highest BCUT2D eigenvalue weighted by Gasteiger charge is 2.13. The van der Waals surface area contributed by atoms with Crippen LogP contribution in [0.15, 0.2) is 12.2 Å². The lowest BCUT2D eigenvalue weighted by Gasteiger charge is -2.06. The number of nitrogens with two attached hydrogens (primary N) is 1. The summed E-state index contributed by atoms with van der Waals surface area (Å²) in [5, 5.41) is 0. The van der Waals surface area contributed by atoms with Gasteiger partial charge in [0.15, 0.2) is 0 Å². The molecule has 0 rings (SSSR count). The van der Waals surface area contributed by atoms with Crippen LogP contribution >= 0.6 is 24.0 Å². The van der Waals surface area contributed by atoms with E-state index in [1.807, 2.05) is 0 Å². The maximum Gasteiger partial charge on any atom is 0.234 e. The van der Waals surface area contributed by atoms with Gasteiger partial charge in [-0.25, -0.2) is 8.42 Å². The molecule has 28 heavy (non-hydrogen) atoms. The first-order valence-corrected chi connectivity index (χ1v) is 12.6. The Balaban J connectivity index is 0. The zero-order valence-corrected chi connectivity index (χ0v) is 20.9. The minimum Gasteiger partial charge on any atom is -0.330 e. The summed E-state index contributed by atoms with van der Waals surface area (Å²) in [4.78, 5) is 11.6. The topological polar surface area (TPSA) is 89.3 Å². The molecule has 3 N–H and O–H groups in total. The maximum absolute atomic E-state index is 11.6. The smallest absolute Gasteiger partial charge is 0.234 e. The molecule has 0 radical (unpaired) electrons. The van der Waals surface area contributed by atoms with Crippen LogP contribution in [0.25, 0.3) is 0 Å². The van der Waals surface area contributed by atoms with Crippen molar-refractivity contribution in [1.29, 1.82) is 0 Å². The summed E-state index contributed by atoms with van der Waals surface area (Å²) >= 11 is 0. The van der Waals surface area contributed by atoms with Crippen LogP contribution in [0.4, 0.5) is 0 Å². The van der Waals surface area contributed by atoms with E-state index in [0.29, 0.717) is 13.0 Å². The van der Waals surface area contributed by atoms with Crippen molar-refractivity contribution in [3.63, 3.8) is 0 Å². The van der Waals surface area contributed by atoms with E-state index < -0.39 is 15.9 Å². The average molecular weight is 531 g/mol. The largest absolute Gasteiger partial charge is 0.330 e. The van der Waals surface area contributed by atoms with E-state index in [-0.39, 0.29) is 36.2 Å². The summed E-state index contributed by atoms with van der Waals surface area (Å²) < 4.78 is 25.2. The molecule has 0 unspecified atom stereocenters. The molecule has 0 bridgehead atoms. The van der Waals surface area contributed by atoms with Gasteiger partial charge in [0.2, 0.25) is 15.9 Å². The number of sulfonamides is 1. The monoisotopic (exact) mass is 530 g/mol. The van der Waals surface area contributed by atoms with E-state index in [9.17, 15) is 13.2 Å². The Kier molecular flexibility index (Phi) is 23.1. The third-order valence-corrected chi connectivity index (χ3v) is 5.92. The molecule has 0 atom stereocenters. The number of amides is 1. The lowest BCUT2D eigenvalue weighted by atomic mass is 10.1. The predicted molar refractivity (Wildman–Crippen MR) is 130 cm³/mol. The Morgan fingerprint density at radius 2 is 1.32 bits per heavy atom. The maximum atomic E-state index is 11.6. The van der Waals surface area contributed by atoms with Crippen LogP contribution in [0.3, 0.4) is 0 Å². The molecule has 0 aromatic heterocycles. The fourth-order valence-electron chi connectivity index (χ4n) is 2.91. The second kappa shape index (κ2) is 21.6. The molecular weight excluding hydrogens is 487 g/mol. The third-order valence-electron chi connectivity index (χ3n) is 4.55. The summed E-state index contributed by atoms with van der Waals surface area (Å²) in [6, 6.07) is 0. The van der Waals surface area contributed by atoms with Crippen LogP contribution in [0.2, 0.25) is 0 Å². The Hall–Kier alpha value is -0.150. The zero-order valence-electron chi connectivity index (χ0n) is 17.8. The highest BCUT2D eigenvalue weighted by Crippen LogP contribution is 2.10. The number of rotatable bonds is 19. The number of allylic oxidation sites excluding steroid dienone is 2. The molecule has 0 aromatic rings. The molecule has 0 heterocycles. The second-order valence-electron chi connectivity index (χ2n) is 7.32. The molecule has 0 aromatic carbocycles. The Morgan fingerprint density at radius 3 is 1.86 bits per heavy atom. The van der Waals surface area contributed by atoms with E-state index in [0.717, 1.165) is 32.1 Å². The molecule has 0 saturated carbocycles. The lowest BCUT2D eigenvalue weighted by molar-refractivity contribution is -0.119. The minimum atomic E-state index is -3.50. The van der Waals surface area contributed by atoms with Gasteiger partial charge < -0.3 is 5.73 Å². The number of unbranched alkanes of at least 4 members (excludes halogenated alkanes) is 11. The number of carbonyl (C=O) groups excluding carboxylic acids is 1. The quantitative estimate of drug-likeness (QED) is 0.132. The first-order chi connectivity index (χ1) is 13.0.